The van der Waals surface area contributed by atoms with Crippen LogP contribution in [0.2, 0.25) is 0 Å². The molecule has 0 radical (unpaired) electrons. The first kappa shape index (κ1) is 18.5. The van der Waals surface area contributed by atoms with Crippen LogP contribution in [-0.2, 0) is 4.79 Å². The fourth-order valence-corrected chi connectivity index (χ4v) is 4.68. The van der Waals surface area contributed by atoms with E-state index in [1.165, 1.54) is 19.3 Å². The molecule has 0 bridgehead atoms. The van der Waals surface area contributed by atoms with Crippen LogP contribution in [0.3, 0.4) is 0 Å². The normalized spacial score (nSPS) is 22.6. The molecule has 0 spiro atoms. The molecule has 152 valence electrons. The van der Waals surface area contributed by atoms with Crippen molar-refractivity contribution >= 4 is 11.9 Å². The van der Waals surface area contributed by atoms with Gasteiger partial charge in [0.25, 0.3) is 0 Å². The Bertz CT molecular complexity index is 861. The molecule has 1 atom stereocenters. The summed E-state index contributed by atoms with van der Waals surface area (Å²) in [7, 11) is 0. The first-order valence-electron chi connectivity index (χ1n) is 11.1. The molecular formula is C23H29N5O. The molecule has 2 saturated heterocycles. The summed E-state index contributed by atoms with van der Waals surface area (Å²) in [4.78, 5) is 31.2. The lowest BCUT2D eigenvalue weighted by atomic mass is 9.90. The van der Waals surface area contributed by atoms with E-state index < -0.39 is 0 Å². The summed E-state index contributed by atoms with van der Waals surface area (Å²) < 4.78 is 0. The van der Waals surface area contributed by atoms with Crippen LogP contribution in [0.15, 0.2) is 30.7 Å². The Balaban J connectivity index is 1.48. The minimum Gasteiger partial charge on any atom is -0.342 e. The molecule has 0 aromatic carbocycles. The zero-order valence-corrected chi connectivity index (χ0v) is 17.0. The predicted octanol–water partition coefficient (Wildman–Crippen LogP) is 3.64. The van der Waals surface area contributed by atoms with E-state index in [1.54, 1.807) is 6.20 Å². The van der Waals surface area contributed by atoms with E-state index in [1.807, 2.05) is 18.5 Å². The smallest absolute Gasteiger partial charge is 0.225 e. The molecule has 6 nitrogen and oxygen atoms in total. The molecule has 3 aliphatic rings. The first-order chi connectivity index (χ1) is 14.3. The number of nitrogens with zero attached hydrogens (tertiary/aromatic N) is 5. The topological polar surface area (TPSA) is 62.2 Å². The Morgan fingerprint density at radius 1 is 1.00 bits per heavy atom. The predicted molar refractivity (Wildman–Crippen MR) is 113 cm³/mol. The Labute approximate surface area is 172 Å². The lowest BCUT2D eigenvalue weighted by Gasteiger charge is -2.34. The Morgan fingerprint density at radius 2 is 1.86 bits per heavy atom. The fourth-order valence-electron chi connectivity index (χ4n) is 4.68. The van der Waals surface area contributed by atoms with E-state index in [9.17, 15) is 4.79 Å². The minimum atomic E-state index is 0.258. The van der Waals surface area contributed by atoms with Crippen LogP contribution in [-0.4, -0.2) is 51.9 Å². The van der Waals surface area contributed by atoms with Gasteiger partial charge in [0, 0.05) is 67.7 Å². The Kier molecular flexibility index (Phi) is 5.17. The average molecular weight is 392 g/mol. The molecule has 1 saturated carbocycles. The average Bonchev–Trinajstić information content (AvgIpc) is 3.65. The molecule has 0 N–H and O–H groups in total. The number of hydrogen-bond acceptors (Lipinski definition) is 5. The van der Waals surface area contributed by atoms with E-state index in [2.05, 4.69) is 20.9 Å². The highest BCUT2D eigenvalue weighted by Gasteiger charge is 2.36. The number of likely N-dealkylation sites (tertiary alicyclic amines) is 1. The van der Waals surface area contributed by atoms with Gasteiger partial charge in [-0.15, -0.1) is 0 Å². The van der Waals surface area contributed by atoms with Gasteiger partial charge in [0.05, 0.1) is 5.69 Å². The quantitative estimate of drug-likeness (QED) is 0.796. The van der Waals surface area contributed by atoms with Gasteiger partial charge in [-0.3, -0.25) is 9.78 Å². The molecule has 1 amide bonds. The Hall–Kier alpha value is -2.50. The molecular weight excluding hydrogens is 362 g/mol. The van der Waals surface area contributed by atoms with Gasteiger partial charge in [0.15, 0.2) is 0 Å². The van der Waals surface area contributed by atoms with Crippen LogP contribution in [0.25, 0.3) is 11.1 Å². The molecule has 3 fully saturated rings. The number of piperidine rings is 2. The Morgan fingerprint density at radius 3 is 2.62 bits per heavy atom. The number of rotatable bonds is 4. The van der Waals surface area contributed by atoms with Crippen molar-refractivity contribution in [3.8, 4) is 11.1 Å². The highest BCUT2D eigenvalue weighted by atomic mass is 16.2. The van der Waals surface area contributed by atoms with Crippen LogP contribution in [0.4, 0.5) is 5.95 Å². The fraction of sp³-hybridized carbons (Fsp3) is 0.565. The van der Waals surface area contributed by atoms with Gasteiger partial charge in [-0.05, 0) is 51.0 Å². The lowest BCUT2D eigenvalue weighted by Crippen LogP contribution is -2.40. The molecule has 6 heteroatoms. The van der Waals surface area contributed by atoms with Crippen molar-refractivity contribution in [2.75, 3.05) is 31.1 Å². The van der Waals surface area contributed by atoms with Crippen LogP contribution >= 0.6 is 0 Å². The van der Waals surface area contributed by atoms with Crippen LogP contribution in [0.1, 0.15) is 56.6 Å². The molecule has 2 aromatic rings. The van der Waals surface area contributed by atoms with Crippen LogP contribution in [0, 0.1) is 5.92 Å². The summed E-state index contributed by atoms with van der Waals surface area (Å²) in [5.41, 5.74) is 3.20. The van der Waals surface area contributed by atoms with Gasteiger partial charge in [-0.25, -0.2) is 9.97 Å². The van der Waals surface area contributed by atoms with Crippen molar-refractivity contribution in [3.63, 3.8) is 0 Å². The van der Waals surface area contributed by atoms with E-state index in [-0.39, 0.29) is 11.8 Å². The summed E-state index contributed by atoms with van der Waals surface area (Å²) in [6.45, 7) is 3.72. The van der Waals surface area contributed by atoms with E-state index in [0.29, 0.717) is 5.91 Å². The second-order valence-corrected chi connectivity index (χ2v) is 8.66. The van der Waals surface area contributed by atoms with Gasteiger partial charge in [-0.1, -0.05) is 6.07 Å². The number of amides is 1. The maximum Gasteiger partial charge on any atom is 0.225 e. The molecule has 29 heavy (non-hydrogen) atoms. The van der Waals surface area contributed by atoms with Crippen LogP contribution < -0.4 is 4.90 Å². The molecule has 2 aromatic heterocycles. The molecule has 2 aliphatic heterocycles. The standard InChI is InChI=1S/C23H29N5O/c29-22(17-8-9-17)28-13-5-7-19(16-28)21-20(18-6-4-10-24-14-18)15-25-23(26-21)27-11-2-1-3-12-27/h4,6,10,14-15,17,19H,1-3,5,7-9,11-13,16H2/t19-/m1/s1. The summed E-state index contributed by atoms with van der Waals surface area (Å²) in [5, 5.41) is 0. The number of aromatic nitrogens is 3. The van der Waals surface area contributed by atoms with Gasteiger partial charge >= 0.3 is 0 Å². The maximum absolute atomic E-state index is 12.7. The summed E-state index contributed by atoms with van der Waals surface area (Å²) >= 11 is 0. The number of carbonyl (C=O) groups excluding carboxylic acids is 1. The van der Waals surface area contributed by atoms with Crippen molar-refractivity contribution in [2.45, 2.75) is 50.9 Å². The summed E-state index contributed by atoms with van der Waals surface area (Å²) in [5.74, 6) is 1.73. The monoisotopic (exact) mass is 391 g/mol. The zero-order valence-electron chi connectivity index (χ0n) is 17.0. The second-order valence-electron chi connectivity index (χ2n) is 8.66. The van der Waals surface area contributed by atoms with Gasteiger partial charge in [0.1, 0.15) is 0 Å². The largest absolute Gasteiger partial charge is 0.342 e. The maximum atomic E-state index is 12.7. The number of carbonyl (C=O) groups is 1. The van der Waals surface area contributed by atoms with E-state index in [0.717, 1.165) is 74.6 Å². The zero-order chi connectivity index (χ0) is 19.6. The highest BCUT2D eigenvalue weighted by Crippen LogP contribution is 2.37. The van der Waals surface area contributed by atoms with E-state index >= 15 is 0 Å². The third kappa shape index (κ3) is 3.98. The van der Waals surface area contributed by atoms with Gasteiger partial charge < -0.3 is 9.80 Å². The van der Waals surface area contributed by atoms with Crippen molar-refractivity contribution in [3.05, 3.63) is 36.4 Å². The van der Waals surface area contributed by atoms with Gasteiger partial charge in [0.2, 0.25) is 11.9 Å². The second kappa shape index (κ2) is 8.09. The number of hydrogen-bond donors (Lipinski definition) is 0. The summed E-state index contributed by atoms with van der Waals surface area (Å²) in [6, 6.07) is 4.03. The first-order valence-corrected chi connectivity index (χ1v) is 11.1. The lowest BCUT2D eigenvalue weighted by molar-refractivity contribution is -0.133. The molecule has 4 heterocycles. The van der Waals surface area contributed by atoms with Crippen molar-refractivity contribution in [1.29, 1.82) is 0 Å². The third-order valence-electron chi connectivity index (χ3n) is 6.46. The van der Waals surface area contributed by atoms with Gasteiger partial charge in [-0.2, -0.15) is 0 Å². The third-order valence-corrected chi connectivity index (χ3v) is 6.46. The van der Waals surface area contributed by atoms with Crippen molar-refractivity contribution in [2.24, 2.45) is 5.92 Å². The molecule has 0 unspecified atom stereocenters. The number of pyridine rings is 1. The van der Waals surface area contributed by atoms with Crippen LogP contribution in [0.5, 0.6) is 0 Å². The summed E-state index contributed by atoms with van der Waals surface area (Å²) in [6.07, 6.45) is 13.6. The highest BCUT2D eigenvalue weighted by molar-refractivity contribution is 5.81. The van der Waals surface area contributed by atoms with Crippen molar-refractivity contribution < 1.29 is 4.79 Å². The SMILES string of the molecule is O=C(C1CC1)N1CCC[C@@H](c2nc(N3CCCCC3)ncc2-c2cccnc2)C1. The number of anilines is 1. The molecule has 5 rings (SSSR count). The molecule has 1 aliphatic carbocycles. The van der Waals surface area contributed by atoms with Crippen molar-refractivity contribution in [1.82, 2.24) is 19.9 Å². The minimum absolute atomic E-state index is 0.258. The van der Waals surface area contributed by atoms with E-state index in [4.69, 9.17) is 9.97 Å².